The Labute approximate surface area is 150 Å². The number of nitrogens with one attached hydrogen (secondary N) is 1. The molecule has 1 aliphatic rings. The maximum atomic E-state index is 12.3. The van der Waals surface area contributed by atoms with Gasteiger partial charge in [0.05, 0.1) is 12.4 Å². The van der Waals surface area contributed by atoms with Crippen LogP contribution in [0.5, 0.6) is 0 Å². The Bertz CT molecular complexity index is 795. The lowest BCUT2D eigenvalue weighted by atomic mass is 10.1. The van der Waals surface area contributed by atoms with Gasteiger partial charge in [-0.15, -0.1) is 0 Å². The maximum absolute atomic E-state index is 12.3. The van der Waals surface area contributed by atoms with E-state index in [0.717, 1.165) is 43.5 Å². The lowest BCUT2D eigenvalue weighted by Crippen LogP contribution is -2.48. The van der Waals surface area contributed by atoms with Crippen molar-refractivity contribution in [1.82, 2.24) is 25.3 Å². The fourth-order valence-electron chi connectivity index (χ4n) is 2.87. The van der Waals surface area contributed by atoms with Gasteiger partial charge in [-0.1, -0.05) is 6.92 Å². The monoisotopic (exact) mass is 356 g/mol. The highest BCUT2D eigenvalue weighted by Crippen LogP contribution is 2.18. The second-order valence-corrected chi connectivity index (χ2v) is 6.07. The molecule has 0 saturated carbocycles. The summed E-state index contributed by atoms with van der Waals surface area (Å²) in [5, 5.41) is 11.8. The van der Waals surface area contributed by atoms with E-state index in [1.165, 1.54) is 6.20 Å². The second kappa shape index (κ2) is 7.85. The molecular weight excluding hydrogens is 336 g/mol. The van der Waals surface area contributed by atoms with Gasteiger partial charge < -0.3 is 15.3 Å². The molecule has 1 atom stereocenters. The molecule has 1 amide bonds. The SMILES string of the molecule is CCc1cc(N2CCCC(NC(=O)c3cnc(C(=O)O)cn3)C2)ncn1. The van der Waals surface area contributed by atoms with Crippen molar-refractivity contribution in [3.63, 3.8) is 0 Å². The minimum absolute atomic E-state index is 0.0442. The molecule has 1 unspecified atom stereocenters. The summed E-state index contributed by atoms with van der Waals surface area (Å²) in [6.07, 6.45) is 6.45. The molecule has 0 bridgehead atoms. The number of amides is 1. The van der Waals surface area contributed by atoms with E-state index >= 15 is 0 Å². The van der Waals surface area contributed by atoms with Gasteiger partial charge >= 0.3 is 5.97 Å². The number of nitrogens with zero attached hydrogens (tertiary/aromatic N) is 5. The molecule has 9 nitrogen and oxygen atoms in total. The number of carbonyl (C=O) groups excluding carboxylic acids is 1. The van der Waals surface area contributed by atoms with Gasteiger partial charge in [-0.2, -0.15) is 0 Å². The first-order chi connectivity index (χ1) is 12.6. The van der Waals surface area contributed by atoms with E-state index in [9.17, 15) is 9.59 Å². The largest absolute Gasteiger partial charge is 0.476 e. The topological polar surface area (TPSA) is 121 Å². The van der Waals surface area contributed by atoms with Crippen molar-refractivity contribution in [3.05, 3.63) is 41.9 Å². The highest BCUT2D eigenvalue weighted by molar-refractivity contribution is 5.93. The Morgan fingerprint density at radius 1 is 1.23 bits per heavy atom. The van der Waals surface area contributed by atoms with E-state index in [4.69, 9.17) is 5.11 Å². The third-order valence-corrected chi connectivity index (χ3v) is 4.26. The molecule has 1 saturated heterocycles. The molecule has 3 heterocycles. The number of aryl methyl sites for hydroxylation is 1. The number of piperidine rings is 1. The summed E-state index contributed by atoms with van der Waals surface area (Å²) < 4.78 is 0. The van der Waals surface area contributed by atoms with Crippen molar-refractivity contribution in [3.8, 4) is 0 Å². The Hall–Kier alpha value is -3.10. The Balaban J connectivity index is 1.64. The van der Waals surface area contributed by atoms with E-state index in [-0.39, 0.29) is 23.3 Å². The van der Waals surface area contributed by atoms with E-state index in [1.54, 1.807) is 6.33 Å². The van der Waals surface area contributed by atoms with Gasteiger partial charge in [-0.25, -0.2) is 24.7 Å². The summed E-state index contributed by atoms with van der Waals surface area (Å²) in [7, 11) is 0. The number of hydrogen-bond donors (Lipinski definition) is 2. The summed E-state index contributed by atoms with van der Waals surface area (Å²) >= 11 is 0. The molecule has 0 aliphatic carbocycles. The zero-order valence-corrected chi connectivity index (χ0v) is 14.4. The van der Waals surface area contributed by atoms with E-state index in [0.29, 0.717) is 6.54 Å². The van der Waals surface area contributed by atoms with Crippen LogP contribution in [0.1, 0.15) is 46.4 Å². The van der Waals surface area contributed by atoms with Gasteiger partial charge in [0, 0.05) is 30.9 Å². The van der Waals surface area contributed by atoms with Crippen LogP contribution in [0.25, 0.3) is 0 Å². The number of hydrogen-bond acceptors (Lipinski definition) is 7. The molecule has 1 fully saturated rings. The van der Waals surface area contributed by atoms with Crippen LogP contribution in [0.3, 0.4) is 0 Å². The van der Waals surface area contributed by atoms with E-state index < -0.39 is 5.97 Å². The number of carboxylic acid groups (broad SMARTS) is 1. The first-order valence-corrected chi connectivity index (χ1v) is 8.49. The molecule has 3 rings (SSSR count). The van der Waals surface area contributed by atoms with Gasteiger partial charge in [-0.3, -0.25) is 4.79 Å². The third kappa shape index (κ3) is 4.11. The number of carbonyl (C=O) groups is 2. The maximum Gasteiger partial charge on any atom is 0.356 e. The molecule has 26 heavy (non-hydrogen) atoms. The van der Waals surface area contributed by atoms with Crippen molar-refractivity contribution in [2.75, 3.05) is 18.0 Å². The lowest BCUT2D eigenvalue weighted by molar-refractivity contribution is 0.0688. The van der Waals surface area contributed by atoms with Crippen LogP contribution in [0.15, 0.2) is 24.8 Å². The van der Waals surface area contributed by atoms with E-state index in [2.05, 4.69) is 30.2 Å². The van der Waals surface area contributed by atoms with Crippen LogP contribution >= 0.6 is 0 Å². The zero-order valence-electron chi connectivity index (χ0n) is 14.4. The summed E-state index contributed by atoms with van der Waals surface area (Å²) in [6.45, 7) is 3.56. The Kier molecular flexibility index (Phi) is 5.35. The number of aromatic carboxylic acids is 1. The van der Waals surface area contributed by atoms with Crippen LogP contribution in [0.4, 0.5) is 5.82 Å². The predicted octanol–water partition coefficient (Wildman–Crippen LogP) is 0.926. The quantitative estimate of drug-likeness (QED) is 0.811. The minimum atomic E-state index is -1.18. The fraction of sp³-hybridized carbons (Fsp3) is 0.412. The van der Waals surface area contributed by atoms with Gasteiger partial charge in [0.25, 0.3) is 5.91 Å². The molecule has 136 valence electrons. The number of rotatable bonds is 5. The smallest absolute Gasteiger partial charge is 0.356 e. The van der Waals surface area contributed by atoms with Crippen molar-refractivity contribution >= 4 is 17.7 Å². The zero-order chi connectivity index (χ0) is 18.5. The van der Waals surface area contributed by atoms with Crippen molar-refractivity contribution in [1.29, 1.82) is 0 Å². The normalized spacial score (nSPS) is 17.0. The average molecular weight is 356 g/mol. The molecule has 0 radical (unpaired) electrons. The fourth-order valence-corrected chi connectivity index (χ4v) is 2.87. The third-order valence-electron chi connectivity index (χ3n) is 4.26. The van der Waals surface area contributed by atoms with Gasteiger partial charge in [0.1, 0.15) is 17.8 Å². The first kappa shape index (κ1) is 17.7. The van der Waals surface area contributed by atoms with Gasteiger partial charge in [0.15, 0.2) is 5.69 Å². The standard InChI is InChI=1S/C17H20N6O3/c1-2-11-6-15(21-10-20-11)23-5-3-4-12(9-23)22-16(24)13-7-19-14(8-18-13)17(25)26/h6-8,10,12H,2-5,9H2,1H3,(H,22,24)(H,25,26). The Morgan fingerprint density at radius 3 is 2.69 bits per heavy atom. The molecule has 0 aromatic carbocycles. The van der Waals surface area contributed by atoms with Gasteiger partial charge in [-0.05, 0) is 19.3 Å². The first-order valence-electron chi connectivity index (χ1n) is 8.49. The molecule has 1 aliphatic heterocycles. The molecular formula is C17H20N6O3. The van der Waals surface area contributed by atoms with Crippen LogP contribution < -0.4 is 10.2 Å². The van der Waals surface area contributed by atoms with E-state index in [1.807, 2.05) is 13.0 Å². The minimum Gasteiger partial charge on any atom is -0.476 e. The van der Waals surface area contributed by atoms with Crippen molar-refractivity contribution < 1.29 is 14.7 Å². The van der Waals surface area contributed by atoms with Crippen LogP contribution in [-0.2, 0) is 6.42 Å². The predicted molar refractivity (Wildman–Crippen MR) is 93.1 cm³/mol. The number of aromatic nitrogens is 4. The highest BCUT2D eigenvalue weighted by Gasteiger charge is 2.23. The Morgan fingerprint density at radius 2 is 2.00 bits per heavy atom. The van der Waals surface area contributed by atoms with Crippen LogP contribution in [0, 0.1) is 0 Å². The number of anilines is 1. The lowest BCUT2D eigenvalue weighted by Gasteiger charge is -2.33. The summed E-state index contributed by atoms with van der Waals surface area (Å²) in [4.78, 5) is 41.4. The summed E-state index contributed by atoms with van der Waals surface area (Å²) in [5.74, 6) is -0.677. The van der Waals surface area contributed by atoms with Crippen molar-refractivity contribution in [2.45, 2.75) is 32.2 Å². The second-order valence-electron chi connectivity index (χ2n) is 6.07. The van der Waals surface area contributed by atoms with Crippen LogP contribution in [0.2, 0.25) is 0 Å². The molecule has 9 heteroatoms. The summed E-state index contributed by atoms with van der Waals surface area (Å²) in [6, 6.07) is 1.93. The van der Waals surface area contributed by atoms with Crippen molar-refractivity contribution in [2.24, 2.45) is 0 Å². The average Bonchev–Trinajstić information content (AvgIpc) is 2.68. The number of carboxylic acids is 1. The van der Waals surface area contributed by atoms with Gasteiger partial charge in [0.2, 0.25) is 0 Å². The highest BCUT2D eigenvalue weighted by atomic mass is 16.4. The molecule has 0 spiro atoms. The van der Waals surface area contributed by atoms with Crippen LogP contribution in [-0.4, -0.2) is 56.1 Å². The molecule has 2 aromatic rings. The molecule has 2 N–H and O–H groups in total. The molecule has 2 aromatic heterocycles. The summed E-state index contributed by atoms with van der Waals surface area (Å²) in [5.41, 5.74) is 0.887.